The van der Waals surface area contributed by atoms with Gasteiger partial charge < -0.3 is 23.8 Å². The molecule has 1 saturated heterocycles. The first-order valence-electron chi connectivity index (χ1n) is 9.41. The van der Waals surface area contributed by atoms with E-state index in [0.717, 1.165) is 0 Å². The van der Waals surface area contributed by atoms with Crippen molar-refractivity contribution >= 4 is 11.7 Å². The third kappa shape index (κ3) is 3.26. The Bertz CT molecular complexity index is 947. The number of hydrogen-bond acceptors (Lipinski definition) is 6. The van der Waals surface area contributed by atoms with Gasteiger partial charge in [0.25, 0.3) is 5.91 Å². The molecule has 2 aromatic carbocycles. The molecule has 1 amide bonds. The van der Waals surface area contributed by atoms with Crippen LogP contribution < -0.4 is 18.9 Å². The van der Waals surface area contributed by atoms with E-state index in [1.165, 1.54) is 21.3 Å². The molecule has 2 heterocycles. The van der Waals surface area contributed by atoms with E-state index >= 15 is 0 Å². The quantitative estimate of drug-likeness (QED) is 0.790. The van der Waals surface area contributed by atoms with Crippen molar-refractivity contribution in [3.63, 3.8) is 0 Å². The van der Waals surface area contributed by atoms with Crippen LogP contribution in [0.2, 0.25) is 0 Å². The van der Waals surface area contributed by atoms with Crippen molar-refractivity contribution in [3.05, 3.63) is 47.5 Å². The molecule has 0 radical (unpaired) electrons. The Morgan fingerprint density at radius 3 is 2.41 bits per heavy atom. The van der Waals surface area contributed by atoms with E-state index in [1.807, 2.05) is 12.1 Å². The largest absolute Gasteiger partial charge is 0.493 e. The van der Waals surface area contributed by atoms with Crippen molar-refractivity contribution in [2.75, 3.05) is 34.4 Å². The second kappa shape index (κ2) is 7.31. The van der Waals surface area contributed by atoms with Gasteiger partial charge >= 0.3 is 0 Å². The second-order valence-electron chi connectivity index (χ2n) is 7.27. The molecule has 29 heavy (non-hydrogen) atoms. The highest BCUT2D eigenvalue weighted by Gasteiger charge is 2.47. The van der Waals surface area contributed by atoms with Gasteiger partial charge in [0.15, 0.2) is 17.3 Å². The summed E-state index contributed by atoms with van der Waals surface area (Å²) in [7, 11) is 4.53. The second-order valence-corrected chi connectivity index (χ2v) is 7.27. The van der Waals surface area contributed by atoms with Crippen LogP contribution in [0.5, 0.6) is 23.0 Å². The standard InChI is InChI=1S/C22H23NO6/c1-26-18-10-14(11-19(27-2)20(18)28-3)21(25)23-9-8-22(13-23)12-16(24)15-6-4-5-7-17(15)29-22/h4-7,10-11H,8-9,12-13H2,1-3H3. The number of Topliss-reactive ketones (excluding diaryl/α,β-unsaturated/α-hetero) is 1. The average Bonchev–Trinajstić information content (AvgIpc) is 3.14. The molecule has 1 unspecified atom stereocenters. The van der Waals surface area contributed by atoms with Crippen LogP contribution >= 0.6 is 0 Å². The van der Waals surface area contributed by atoms with Gasteiger partial charge in [-0.2, -0.15) is 0 Å². The molecule has 0 aliphatic carbocycles. The Morgan fingerprint density at radius 2 is 1.76 bits per heavy atom. The van der Waals surface area contributed by atoms with Crippen LogP contribution in [0.15, 0.2) is 36.4 Å². The fourth-order valence-corrected chi connectivity index (χ4v) is 4.08. The highest BCUT2D eigenvalue weighted by molar-refractivity contribution is 6.01. The predicted octanol–water partition coefficient (Wildman–Crippen LogP) is 2.96. The summed E-state index contributed by atoms with van der Waals surface area (Å²) in [6.45, 7) is 0.855. The molecule has 2 aromatic rings. The first-order valence-corrected chi connectivity index (χ1v) is 9.41. The number of nitrogens with zero attached hydrogens (tertiary/aromatic N) is 1. The summed E-state index contributed by atoms with van der Waals surface area (Å²) in [6.07, 6.45) is 0.867. The van der Waals surface area contributed by atoms with Gasteiger partial charge in [0.2, 0.25) is 5.75 Å². The lowest BCUT2D eigenvalue weighted by atomic mass is 9.89. The SMILES string of the molecule is COc1cc(C(=O)N2CCC3(CC(=O)c4ccccc4O3)C2)cc(OC)c1OC. The number of fused-ring (bicyclic) bond motifs is 1. The average molecular weight is 397 g/mol. The molecule has 7 nitrogen and oxygen atoms in total. The zero-order chi connectivity index (χ0) is 20.6. The third-order valence-electron chi connectivity index (χ3n) is 5.51. The molecule has 2 aliphatic rings. The minimum Gasteiger partial charge on any atom is -0.493 e. The summed E-state index contributed by atoms with van der Waals surface area (Å²) in [5.74, 6) is 1.74. The van der Waals surface area contributed by atoms with Gasteiger partial charge in [0.1, 0.15) is 11.4 Å². The van der Waals surface area contributed by atoms with E-state index in [0.29, 0.717) is 53.6 Å². The zero-order valence-electron chi connectivity index (χ0n) is 16.7. The van der Waals surface area contributed by atoms with E-state index < -0.39 is 5.60 Å². The first-order chi connectivity index (χ1) is 14.0. The van der Waals surface area contributed by atoms with Gasteiger partial charge in [-0.15, -0.1) is 0 Å². The number of amides is 1. The maximum absolute atomic E-state index is 13.2. The molecule has 2 aliphatic heterocycles. The van der Waals surface area contributed by atoms with Crippen LogP contribution in [0, 0.1) is 0 Å². The smallest absolute Gasteiger partial charge is 0.254 e. The molecule has 0 aromatic heterocycles. The molecule has 1 spiro atoms. The topological polar surface area (TPSA) is 74.3 Å². The van der Waals surface area contributed by atoms with Crippen LogP contribution in [0.4, 0.5) is 0 Å². The van der Waals surface area contributed by atoms with E-state index in [2.05, 4.69) is 0 Å². The molecule has 0 N–H and O–H groups in total. The van der Waals surface area contributed by atoms with Gasteiger partial charge in [0.05, 0.1) is 39.9 Å². The fraction of sp³-hybridized carbons (Fsp3) is 0.364. The maximum Gasteiger partial charge on any atom is 0.254 e. The van der Waals surface area contributed by atoms with Gasteiger partial charge in [-0.25, -0.2) is 0 Å². The Balaban J connectivity index is 1.59. The van der Waals surface area contributed by atoms with Crippen molar-refractivity contribution in [2.45, 2.75) is 18.4 Å². The molecule has 0 saturated carbocycles. The van der Waals surface area contributed by atoms with E-state index in [-0.39, 0.29) is 18.1 Å². The number of carbonyl (C=O) groups is 2. The molecule has 152 valence electrons. The summed E-state index contributed by atoms with van der Waals surface area (Å²) < 4.78 is 22.2. The summed E-state index contributed by atoms with van der Waals surface area (Å²) in [6, 6.07) is 10.5. The zero-order valence-corrected chi connectivity index (χ0v) is 16.7. The number of benzene rings is 2. The van der Waals surface area contributed by atoms with Crippen LogP contribution in [-0.2, 0) is 0 Å². The molecule has 1 atom stereocenters. The highest BCUT2D eigenvalue weighted by Crippen LogP contribution is 2.41. The van der Waals surface area contributed by atoms with Crippen LogP contribution in [0.1, 0.15) is 33.6 Å². The van der Waals surface area contributed by atoms with Crippen molar-refractivity contribution in [3.8, 4) is 23.0 Å². The number of ether oxygens (including phenoxy) is 4. The third-order valence-corrected chi connectivity index (χ3v) is 5.51. The lowest BCUT2D eigenvalue weighted by molar-refractivity contribution is 0.0428. The van der Waals surface area contributed by atoms with E-state index in [9.17, 15) is 9.59 Å². The van der Waals surface area contributed by atoms with Crippen LogP contribution in [0.3, 0.4) is 0 Å². The summed E-state index contributed by atoms with van der Waals surface area (Å²) in [4.78, 5) is 27.5. The van der Waals surface area contributed by atoms with Gasteiger partial charge in [-0.05, 0) is 24.3 Å². The lowest BCUT2D eigenvalue weighted by Gasteiger charge is -2.34. The van der Waals surface area contributed by atoms with Crippen molar-refractivity contribution in [1.82, 2.24) is 4.90 Å². The Kier molecular flexibility index (Phi) is 4.82. The Morgan fingerprint density at radius 1 is 1.07 bits per heavy atom. The molecule has 7 heteroatoms. The van der Waals surface area contributed by atoms with Crippen molar-refractivity contribution in [1.29, 1.82) is 0 Å². The predicted molar refractivity (Wildman–Crippen MR) is 105 cm³/mol. The normalized spacial score (nSPS) is 20.2. The van der Waals surface area contributed by atoms with Gasteiger partial charge in [-0.1, -0.05) is 12.1 Å². The minimum absolute atomic E-state index is 0.0499. The number of methoxy groups -OCH3 is 3. The number of likely N-dealkylation sites (tertiary alicyclic amines) is 1. The van der Waals surface area contributed by atoms with Crippen LogP contribution in [0.25, 0.3) is 0 Å². The Hall–Kier alpha value is -3.22. The summed E-state index contributed by atoms with van der Waals surface area (Å²) >= 11 is 0. The van der Waals surface area contributed by atoms with E-state index in [1.54, 1.807) is 29.2 Å². The fourth-order valence-electron chi connectivity index (χ4n) is 4.08. The van der Waals surface area contributed by atoms with Gasteiger partial charge in [-0.3, -0.25) is 9.59 Å². The van der Waals surface area contributed by atoms with Crippen LogP contribution in [-0.4, -0.2) is 56.6 Å². The molecule has 1 fully saturated rings. The van der Waals surface area contributed by atoms with E-state index in [4.69, 9.17) is 18.9 Å². The number of hydrogen-bond donors (Lipinski definition) is 0. The number of ketones is 1. The number of rotatable bonds is 4. The Labute approximate surface area is 169 Å². The lowest BCUT2D eigenvalue weighted by Crippen LogP contribution is -2.45. The van der Waals surface area contributed by atoms with Crippen molar-refractivity contribution < 1.29 is 28.5 Å². The monoisotopic (exact) mass is 397 g/mol. The first kappa shape index (κ1) is 19.1. The maximum atomic E-state index is 13.2. The molecular formula is C22H23NO6. The van der Waals surface area contributed by atoms with Crippen molar-refractivity contribution in [2.24, 2.45) is 0 Å². The molecule has 4 rings (SSSR count). The summed E-state index contributed by atoms with van der Waals surface area (Å²) in [5, 5.41) is 0. The van der Waals surface area contributed by atoms with Gasteiger partial charge in [0, 0.05) is 18.5 Å². The molecular weight excluding hydrogens is 374 g/mol. The molecule has 0 bridgehead atoms. The summed E-state index contributed by atoms with van der Waals surface area (Å²) in [5.41, 5.74) is 0.355. The number of para-hydroxylation sites is 1. The highest BCUT2D eigenvalue weighted by atomic mass is 16.5. The number of carbonyl (C=O) groups excluding carboxylic acids is 2. The minimum atomic E-state index is -0.679.